The number of rotatable bonds is 8. The molecule has 4 heterocycles. The zero-order chi connectivity index (χ0) is 27.5. The highest BCUT2D eigenvalue weighted by atomic mass is 19.1. The van der Waals surface area contributed by atoms with Crippen LogP contribution >= 0.6 is 0 Å². The molecule has 5 rings (SSSR count). The molecule has 0 bridgehead atoms. The Labute approximate surface area is 225 Å². The molecule has 1 aromatic carbocycles. The standard InChI is InChI=1S/C28H31FN6O4/c1-16-4-3-5-18(12-16)23(15-36)33-26(37)17(2)35-14-19-6-7-22(32-24(19)27(35)38)25-21(29)13-30-28(34-25)31-20-8-10-39-11-9-20/h3-7,12-13,17,20,23,36H,8-11,14-15H2,1-2H3,(H,33,37)(H,30,31,34). The van der Waals surface area contributed by atoms with E-state index in [4.69, 9.17) is 4.74 Å². The molecule has 10 nitrogen and oxygen atoms in total. The molecule has 11 heteroatoms. The maximum Gasteiger partial charge on any atom is 0.273 e. The van der Waals surface area contributed by atoms with Gasteiger partial charge >= 0.3 is 0 Å². The number of hydrogen-bond acceptors (Lipinski definition) is 8. The summed E-state index contributed by atoms with van der Waals surface area (Å²) in [5.74, 6) is -1.20. The van der Waals surface area contributed by atoms with E-state index in [1.807, 2.05) is 31.2 Å². The minimum atomic E-state index is -0.819. The Morgan fingerprint density at radius 2 is 2.00 bits per heavy atom. The predicted octanol–water partition coefficient (Wildman–Crippen LogP) is 2.77. The summed E-state index contributed by atoms with van der Waals surface area (Å²) in [6.45, 7) is 4.74. The first-order valence-corrected chi connectivity index (χ1v) is 13.0. The zero-order valence-corrected chi connectivity index (χ0v) is 21.9. The molecule has 1 fully saturated rings. The third-order valence-electron chi connectivity index (χ3n) is 7.11. The molecule has 39 heavy (non-hydrogen) atoms. The molecule has 2 unspecified atom stereocenters. The normalized spacial score (nSPS) is 17.0. The van der Waals surface area contributed by atoms with Crippen LogP contribution in [-0.2, 0) is 16.1 Å². The highest BCUT2D eigenvalue weighted by Crippen LogP contribution is 2.28. The average Bonchev–Trinajstić information content (AvgIpc) is 3.28. The number of carbonyl (C=O) groups is 2. The minimum absolute atomic E-state index is 0.0108. The average molecular weight is 535 g/mol. The first-order chi connectivity index (χ1) is 18.8. The van der Waals surface area contributed by atoms with Crippen molar-refractivity contribution in [2.24, 2.45) is 0 Å². The van der Waals surface area contributed by atoms with E-state index in [0.717, 1.165) is 30.2 Å². The topological polar surface area (TPSA) is 130 Å². The van der Waals surface area contributed by atoms with Gasteiger partial charge in [0.1, 0.15) is 17.4 Å². The number of benzene rings is 1. The summed E-state index contributed by atoms with van der Waals surface area (Å²) in [6.07, 6.45) is 2.69. The van der Waals surface area contributed by atoms with Gasteiger partial charge < -0.3 is 25.4 Å². The summed E-state index contributed by atoms with van der Waals surface area (Å²) in [4.78, 5) is 40.6. The Morgan fingerprint density at radius 1 is 1.21 bits per heavy atom. The van der Waals surface area contributed by atoms with Crippen molar-refractivity contribution in [3.05, 3.63) is 70.8 Å². The Bertz CT molecular complexity index is 1380. The number of nitrogens with zero attached hydrogens (tertiary/aromatic N) is 4. The van der Waals surface area contributed by atoms with Crippen LogP contribution in [0.4, 0.5) is 10.3 Å². The number of anilines is 1. The zero-order valence-electron chi connectivity index (χ0n) is 21.9. The van der Waals surface area contributed by atoms with Gasteiger partial charge in [0, 0.05) is 31.4 Å². The van der Waals surface area contributed by atoms with E-state index in [1.54, 1.807) is 19.1 Å². The number of aromatic nitrogens is 3. The fourth-order valence-corrected chi connectivity index (χ4v) is 4.83. The molecule has 1 saturated heterocycles. The molecular weight excluding hydrogens is 503 g/mol. The highest BCUT2D eigenvalue weighted by Gasteiger charge is 2.36. The van der Waals surface area contributed by atoms with E-state index >= 15 is 0 Å². The summed E-state index contributed by atoms with van der Waals surface area (Å²) in [5, 5.41) is 15.9. The maximum absolute atomic E-state index is 14.7. The molecule has 2 aromatic heterocycles. The summed E-state index contributed by atoms with van der Waals surface area (Å²) < 4.78 is 20.1. The molecule has 0 spiro atoms. The Hall–Kier alpha value is -3.96. The minimum Gasteiger partial charge on any atom is -0.394 e. The number of nitrogens with one attached hydrogen (secondary N) is 2. The number of aliphatic hydroxyl groups excluding tert-OH is 1. The van der Waals surface area contributed by atoms with Crippen molar-refractivity contribution in [2.75, 3.05) is 25.1 Å². The fourth-order valence-electron chi connectivity index (χ4n) is 4.83. The van der Waals surface area contributed by atoms with Gasteiger partial charge in [-0.3, -0.25) is 9.59 Å². The quantitative estimate of drug-likeness (QED) is 0.402. The largest absolute Gasteiger partial charge is 0.394 e. The molecule has 204 valence electrons. The second-order valence-corrected chi connectivity index (χ2v) is 9.89. The number of ether oxygens (including phenoxy) is 1. The Morgan fingerprint density at radius 3 is 2.74 bits per heavy atom. The lowest BCUT2D eigenvalue weighted by Crippen LogP contribution is -2.46. The van der Waals surface area contributed by atoms with Crippen LogP contribution in [0.5, 0.6) is 0 Å². The van der Waals surface area contributed by atoms with Crippen LogP contribution in [-0.4, -0.2) is 68.7 Å². The van der Waals surface area contributed by atoms with Crippen LogP contribution in [0.3, 0.4) is 0 Å². The van der Waals surface area contributed by atoms with Gasteiger partial charge in [0.05, 0.1) is 24.5 Å². The van der Waals surface area contributed by atoms with Crippen molar-refractivity contribution in [3.8, 4) is 11.4 Å². The van der Waals surface area contributed by atoms with Crippen molar-refractivity contribution < 1.29 is 23.8 Å². The summed E-state index contributed by atoms with van der Waals surface area (Å²) in [7, 11) is 0. The van der Waals surface area contributed by atoms with Crippen LogP contribution in [0, 0.1) is 12.7 Å². The third kappa shape index (κ3) is 5.74. The number of hydrogen-bond donors (Lipinski definition) is 3. The molecule has 2 aliphatic heterocycles. The monoisotopic (exact) mass is 534 g/mol. The fraction of sp³-hybridized carbons (Fsp3) is 0.393. The SMILES string of the molecule is Cc1cccc(C(CO)NC(=O)C(C)N2Cc3ccc(-c4nc(NC5CCOCC5)ncc4F)nc3C2=O)c1. The lowest BCUT2D eigenvalue weighted by Gasteiger charge is -2.26. The van der Waals surface area contributed by atoms with Gasteiger partial charge in [-0.25, -0.2) is 19.3 Å². The van der Waals surface area contributed by atoms with Gasteiger partial charge in [-0.2, -0.15) is 0 Å². The van der Waals surface area contributed by atoms with Crippen molar-refractivity contribution in [3.63, 3.8) is 0 Å². The van der Waals surface area contributed by atoms with Crippen LogP contribution in [0.25, 0.3) is 11.4 Å². The highest BCUT2D eigenvalue weighted by molar-refractivity contribution is 6.00. The van der Waals surface area contributed by atoms with E-state index in [1.165, 1.54) is 4.90 Å². The molecule has 2 amide bonds. The van der Waals surface area contributed by atoms with Crippen molar-refractivity contribution in [2.45, 2.75) is 51.4 Å². The van der Waals surface area contributed by atoms with Gasteiger partial charge in [-0.15, -0.1) is 0 Å². The number of carbonyl (C=O) groups excluding carboxylic acids is 2. The van der Waals surface area contributed by atoms with E-state index in [-0.39, 0.29) is 42.2 Å². The molecule has 0 saturated carbocycles. The second kappa shape index (κ2) is 11.4. The molecular formula is C28H31FN6O4. The lowest BCUT2D eigenvalue weighted by molar-refractivity contribution is -0.126. The van der Waals surface area contributed by atoms with Gasteiger partial charge in [-0.05, 0) is 38.3 Å². The van der Waals surface area contributed by atoms with Crippen LogP contribution in [0.1, 0.15) is 53.0 Å². The molecule has 3 N–H and O–H groups in total. The smallest absolute Gasteiger partial charge is 0.273 e. The number of amides is 2. The van der Waals surface area contributed by atoms with Crippen LogP contribution in [0.2, 0.25) is 0 Å². The summed E-state index contributed by atoms with van der Waals surface area (Å²) in [6, 6.07) is 9.54. The van der Waals surface area contributed by atoms with Gasteiger partial charge in [0.15, 0.2) is 5.82 Å². The van der Waals surface area contributed by atoms with Crippen LogP contribution < -0.4 is 10.6 Å². The molecule has 0 radical (unpaired) electrons. The third-order valence-corrected chi connectivity index (χ3v) is 7.11. The summed E-state index contributed by atoms with van der Waals surface area (Å²) in [5.41, 5.74) is 2.77. The Balaban J connectivity index is 1.31. The summed E-state index contributed by atoms with van der Waals surface area (Å²) >= 11 is 0. The number of aryl methyl sites for hydroxylation is 1. The number of aliphatic hydroxyl groups is 1. The molecule has 3 aromatic rings. The molecule has 2 atom stereocenters. The van der Waals surface area contributed by atoms with E-state index in [2.05, 4.69) is 25.6 Å². The number of halogens is 1. The van der Waals surface area contributed by atoms with E-state index in [9.17, 15) is 19.1 Å². The first-order valence-electron chi connectivity index (χ1n) is 13.0. The van der Waals surface area contributed by atoms with E-state index < -0.39 is 29.7 Å². The number of pyridine rings is 1. The van der Waals surface area contributed by atoms with E-state index in [0.29, 0.717) is 18.8 Å². The maximum atomic E-state index is 14.7. The number of fused-ring (bicyclic) bond motifs is 1. The van der Waals surface area contributed by atoms with Crippen molar-refractivity contribution in [1.29, 1.82) is 0 Å². The van der Waals surface area contributed by atoms with Crippen molar-refractivity contribution in [1.82, 2.24) is 25.2 Å². The van der Waals surface area contributed by atoms with Gasteiger partial charge in [-0.1, -0.05) is 35.9 Å². The van der Waals surface area contributed by atoms with Gasteiger partial charge in [0.2, 0.25) is 11.9 Å². The Kier molecular flexibility index (Phi) is 7.80. The predicted molar refractivity (Wildman–Crippen MR) is 141 cm³/mol. The first kappa shape index (κ1) is 26.6. The second-order valence-electron chi connectivity index (χ2n) is 9.89. The molecule has 2 aliphatic rings. The van der Waals surface area contributed by atoms with Crippen LogP contribution in [0.15, 0.2) is 42.6 Å². The van der Waals surface area contributed by atoms with Gasteiger partial charge in [0.25, 0.3) is 5.91 Å². The van der Waals surface area contributed by atoms with Crippen molar-refractivity contribution >= 4 is 17.8 Å². The lowest BCUT2D eigenvalue weighted by atomic mass is 10.0. The molecule has 0 aliphatic carbocycles.